The normalized spacial score (nSPS) is 9.94. The standard InChI is InChI=1S/C11H10BrClO3/c1-2-16-11(15)6-10(14)8-4-3-7(13)5-9(8)12/h3-5H,2,6H2,1H3. The molecular formula is C11H10BrClO3. The van der Waals surface area contributed by atoms with Gasteiger partial charge in [-0.1, -0.05) is 11.6 Å². The third-order valence-electron chi connectivity index (χ3n) is 1.84. The van der Waals surface area contributed by atoms with Gasteiger partial charge in [0.05, 0.1) is 6.61 Å². The number of esters is 1. The summed E-state index contributed by atoms with van der Waals surface area (Å²) in [6, 6.07) is 4.79. The number of hydrogen-bond donors (Lipinski definition) is 0. The van der Waals surface area contributed by atoms with Crippen LogP contribution in [0.15, 0.2) is 22.7 Å². The first-order chi connectivity index (χ1) is 7.54. The molecule has 1 aromatic rings. The Morgan fingerprint density at radius 3 is 2.69 bits per heavy atom. The van der Waals surface area contributed by atoms with Crippen LogP contribution in [0.3, 0.4) is 0 Å². The molecule has 0 aliphatic rings. The van der Waals surface area contributed by atoms with Gasteiger partial charge in [-0.2, -0.15) is 0 Å². The van der Waals surface area contributed by atoms with Gasteiger partial charge in [-0.25, -0.2) is 0 Å². The maximum absolute atomic E-state index is 11.7. The predicted molar refractivity (Wildman–Crippen MR) is 64.7 cm³/mol. The molecule has 0 bridgehead atoms. The molecule has 0 fully saturated rings. The zero-order valence-electron chi connectivity index (χ0n) is 8.63. The van der Waals surface area contributed by atoms with E-state index in [-0.39, 0.29) is 18.8 Å². The van der Waals surface area contributed by atoms with Gasteiger partial charge in [0.25, 0.3) is 0 Å². The van der Waals surface area contributed by atoms with Crippen molar-refractivity contribution in [2.75, 3.05) is 6.61 Å². The lowest BCUT2D eigenvalue weighted by molar-refractivity contribution is -0.141. The number of carbonyl (C=O) groups excluding carboxylic acids is 2. The Kier molecular flexibility index (Phi) is 4.96. The van der Waals surface area contributed by atoms with E-state index in [1.54, 1.807) is 25.1 Å². The molecule has 1 aromatic carbocycles. The van der Waals surface area contributed by atoms with Crippen LogP contribution in [0, 0.1) is 0 Å². The Bertz CT molecular complexity index is 418. The van der Waals surface area contributed by atoms with E-state index in [0.717, 1.165) is 0 Å². The molecule has 16 heavy (non-hydrogen) atoms. The second kappa shape index (κ2) is 6.01. The highest BCUT2D eigenvalue weighted by Crippen LogP contribution is 2.22. The Morgan fingerprint density at radius 1 is 1.44 bits per heavy atom. The van der Waals surface area contributed by atoms with Crippen LogP contribution in [-0.4, -0.2) is 18.4 Å². The first-order valence-electron chi connectivity index (χ1n) is 4.68. The lowest BCUT2D eigenvalue weighted by Gasteiger charge is -2.04. The molecule has 0 heterocycles. The van der Waals surface area contributed by atoms with E-state index in [1.165, 1.54) is 0 Å². The van der Waals surface area contributed by atoms with Gasteiger partial charge in [-0.05, 0) is 41.1 Å². The summed E-state index contributed by atoms with van der Waals surface area (Å²) in [6.45, 7) is 1.97. The quantitative estimate of drug-likeness (QED) is 0.487. The molecule has 86 valence electrons. The van der Waals surface area contributed by atoms with Crippen molar-refractivity contribution in [3.05, 3.63) is 33.3 Å². The van der Waals surface area contributed by atoms with Gasteiger partial charge in [0.1, 0.15) is 6.42 Å². The fraction of sp³-hybridized carbons (Fsp3) is 0.273. The van der Waals surface area contributed by atoms with Crippen molar-refractivity contribution in [3.8, 4) is 0 Å². The van der Waals surface area contributed by atoms with Crippen molar-refractivity contribution in [1.29, 1.82) is 0 Å². The molecule has 0 spiro atoms. The zero-order chi connectivity index (χ0) is 12.1. The van der Waals surface area contributed by atoms with E-state index in [2.05, 4.69) is 15.9 Å². The fourth-order valence-corrected chi connectivity index (χ4v) is 2.06. The average Bonchev–Trinajstić information content (AvgIpc) is 2.17. The first-order valence-corrected chi connectivity index (χ1v) is 5.85. The van der Waals surface area contributed by atoms with Gasteiger partial charge in [0.2, 0.25) is 0 Å². The van der Waals surface area contributed by atoms with E-state index in [1.807, 2.05) is 0 Å². The number of carbonyl (C=O) groups is 2. The lowest BCUT2D eigenvalue weighted by Crippen LogP contribution is -2.11. The number of Topliss-reactive ketones (excluding diaryl/α,β-unsaturated/α-hetero) is 1. The van der Waals surface area contributed by atoms with Crippen molar-refractivity contribution >= 4 is 39.3 Å². The molecule has 0 N–H and O–H groups in total. The minimum atomic E-state index is -0.519. The molecule has 0 saturated carbocycles. The summed E-state index contributed by atoms with van der Waals surface area (Å²) in [5.41, 5.74) is 0.428. The number of rotatable bonds is 4. The van der Waals surface area contributed by atoms with Crippen molar-refractivity contribution < 1.29 is 14.3 Å². The molecule has 0 amide bonds. The number of ether oxygens (including phenoxy) is 1. The van der Waals surface area contributed by atoms with Crippen LogP contribution in [0.1, 0.15) is 23.7 Å². The molecular weight excluding hydrogens is 295 g/mol. The van der Waals surface area contributed by atoms with Gasteiger partial charge < -0.3 is 4.74 Å². The Labute approximate surface area is 107 Å². The summed E-state index contributed by atoms with van der Waals surface area (Å²) in [7, 11) is 0. The Morgan fingerprint density at radius 2 is 2.12 bits per heavy atom. The maximum atomic E-state index is 11.7. The number of hydrogen-bond acceptors (Lipinski definition) is 3. The number of halogens is 2. The first kappa shape index (κ1) is 13.2. The van der Waals surface area contributed by atoms with Gasteiger partial charge in [-0.15, -0.1) is 0 Å². The van der Waals surface area contributed by atoms with Crippen LogP contribution in [0.25, 0.3) is 0 Å². The summed E-state index contributed by atoms with van der Waals surface area (Å²) < 4.78 is 5.27. The second-order valence-corrected chi connectivity index (χ2v) is 4.32. The topological polar surface area (TPSA) is 43.4 Å². The maximum Gasteiger partial charge on any atom is 0.313 e. The molecule has 3 nitrogen and oxygen atoms in total. The molecule has 0 aliphatic carbocycles. The summed E-state index contributed by atoms with van der Waals surface area (Å²) in [4.78, 5) is 22.8. The van der Waals surface area contributed by atoms with E-state index < -0.39 is 5.97 Å². The molecule has 0 aliphatic heterocycles. The van der Waals surface area contributed by atoms with Gasteiger partial charge in [0, 0.05) is 15.1 Å². The molecule has 0 radical (unpaired) electrons. The average molecular weight is 306 g/mol. The summed E-state index contributed by atoms with van der Waals surface area (Å²) >= 11 is 8.96. The molecule has 0 unspecified atom stereocenters. The van der Waals surface area contributed by atoms with Crippen molar-refractivity contribution in [1.82, 2.24) is 0 Å². The molecule has 1 rings (SSSR count). The van der Waals surface area contributed by atoms with E-state index in [9.17, 15) is 9.59 Å². The summed E-state index contributed by atoms with van der Waals surface area (Å²) in [5.74, 6) is -0.809. The van der Waals surface area contributed by atoms with E-state index >= 15 is 0 Å². The predicted octanol–water partition coefficient (Wildman–Crippen LogP) is 3.24. The van der Waals surface area contributed by atoms with Crippen molar-refractivity contribution in [3.63, 3.8) is 0 Å². The highest BCUT2D eigenvalue weighted by atomic mass is 79.9. The molecule has 0 aromatic heterocycles. The monoisotopic (exact) mass is 304 g/mol. The third-order valence-corrected chi connectivity index (χ3v) is 2.73. The van der Waals surface area contributed by atoms with Crippen molar-refractivity contribution in [2.24, 2.45) is 0 Å². The van der Waals surface area contributed by atoms with Crippen LogP contribution in [0.2, 0.25) is 5.02 Å². The molecule has 0 saturated heterocycles. The highest BCUT2D eigenvalue weighted by Gasteiger charge is 2.15. The largest absolute Gasteiger partial charge is 0.466 e. The van der Waals surface area contributed by atoms with Gasteiger partial charge in [0.15, 0.2) is 5.78 Å². The van der Waals surface area contributed by atoms with Gasteiger partial charge >= 0.3 is 5.97 Å². The minimum absolute atomic E-state index is 0.256. The molecule has 0 atom stereocenters. The van der Waals surface area contributed by atoms with Crippen LogP contribution in [0.4, 0.5) is 0 Å². The third kappa shape index (κ3) is 3.61. The van der Waals surface area contributed by atoms with Crippen LogP contribution in [0.5, 0.6) is 0 Å². The van der Waals surface area contributed by atoms with Crippen molar-refractivity contribution in [2.45, 2.75) is 13.3 Å². The Hall–Kier alpha value is -0.870. The van der Waals surface area contributed by atoms with E-state index in [0.29, 0.717) is 15.1 Å². The number of ketones is 1. The molecule has 5 heteroatoms. The van der Waals surface area contributed by atoms with E-state index in [4.69, 9.17) is 16.3 Å². The fourth-order valence-electron chi connectivity index (χ4n) is 1.15. The highest BCUT2D eigenvalue weighted by molar-refractivity contribution is 9.10. The van der Waals surface area contributed by atoms with Crippen LogP contribution in [-0.2, 0) is 9.53 Å². The van der Waals surface area contributed by atoms with Crippen LogP contribution >= 0.6 is 27.5 Å². The minimum Gasteiger partial charge on any atom is -0.466 e. The zero-order valence-corrected chi connectivity index (χ0v) is 11.0. The Balaban J connectivity index is 2.77. The van der Waals surface area contributed by atoms with Crippen LogP contribution < -0.4 is 0 Å². The number of benzene rings is 1. The SMILES string of the molecule is CCOC(=O)CC(=O)c1ccc(Cl)cc1Br. The van der Waals surface area contributed by atoms with Gasteiger partial charge in [-0.3, -0.25) is 9.59 Å². The smallest absolute Gasteiger partial charge is 0.313 e. The lowest BCUT2D eigenvalue weighted by atomic mass is 10.1. The summed E-state index contributed by atoms with van der Waals surface area (Å²) in [5, 5.41) is 0.527. The summed E-state index contributed by atoms with van der Waals surface area (Å²) in [6.07, 6.45) is -0.256. The second-order valence-electron chi connectivity index (χ2n) is 3.03.